The molecule has 3 aromatic rings. The second kappa shape index (κ2) is 4.97. The monoisotopic (exact) mass is 419 g/mol. The van der Waals surface area contributed by atoms with E-state index in [-0.39, 0.29) is 15.7 Å². The van der Waals surface area contributed by atoms with E-state index in [9.17, 15) is 8.42 Å². The fraction of sp³-hybridized carbons (Fsp3) is 0. The first-order valence-electron chi connectivity index (χ1n) is 5.50. The molecule has 1 aromatic carbocycles. The Balaban J connectivity index is 2.31. The molecule has 0 aliphatic heterocycles. The summed E-state index contributed by atoms with van der Waals surface area (Å²) in [6.07, 6.45) is 1.51. The molecule has 3 rings (SSSR count). The van der Waals surface area contributed by atoms with Gasteiger partial charge in [0.25, 0.3) is 10.0 Å². The van der Waals surface area contributed by atoms with Crippen LogP contribution in [0, 0.1) is 3.57 Å². The van der Waals surface area contributed by atoms with Crippen LogP contribution in [-0.4, -0.2) is 22.6 Å². The van der Waals surface area contributed by atoms with Gasteiger partial charge >= 0.3 is 0 Å². The Labute approximate surface area is 133 Å². The second-order valence-corrected chi connectivity index (χ2v) is 7.36. The molecule has 20 heavy (non-hydrogen) atoms. The van der Waals surface area contributed by atoms with Crippen LogP contribution in [0.4, 0.5) is 0 Å². The number of aromatic nitrogens is 3. The Morgan fingerprint density at radius 1 is 1.15 bits per heavy atom. The van der Waals surface area contributed by atoms with Gasteiger partial charge < -0.3 is 0 Å². The van der Waals surface area contributed by atoms with Crippen molar-refractivity contribution < 1.29 is 8.42 Å². The van der Waals surface area contributed by atoms with Gasteiger partial charge in [-0.1, -0.05) is 29.8 Å². The number of fused-ring (bicyclic) bond motifs is 1. The topological polar surface area (TPSA) is 64.8 Å². The Kier molecular flexibility index (Phi) is 3.43. The standard InChI is InChI=1S/C12H7ClIN3O2S/c13-11-6-9-10(14)7-17(12(9)16-15-11)20(18,19)8-4-2-1-3-5-8/h1-7H. The molecule has 0 saturated carbocycles. The lowest BCUT2D eigenvalue weighted by Crippen LogP contribution is -2.12. The zero-order valence-electron chi connectivity index (χ0n) is 9.86. The molecule has 0 aliphatic rings. The van der Waals surface area contributed by atoms with Crippen LogP contribution in [0.2, 0.25) is 5.15 Å². The molecule has 0 N–H and O–H groups in total. The summed E-state index contributed by atoms with van der Waals surface area (Å²) in [6, 6.07) is 9.78. The van der Waals surface area contributed by atoms with Crippen LogP contribution >= 0.6 is 34.2 Å². The third-order valence-electron chi connectivity index (χ3n) is 2.74. The van der Waals surface area contributed by atoms with Crippen LogP contribution in [0.5, 0.6) is 0 Å². The molecular formula is C12H7ClIN3O2S. The van der Waals surface area contributed by atoms with E-state index in [4.69, 9.17) is 11.6 Å². The van der Waals surface area contributed by atoms with Crippen molar-refractivity contribution in [2.45, 2.75) is 4.90 Å². The van der Waals surface area contributed by atoms with Crippen molar-refractivity contribution >= 4 is 55.2 Å². The molecule has 0 atom stereocenters. The average Bonchev–Trinajstić information content (AvgIpc) is 2.77. The normalized spacial score (nSPS) is 11.9. The van der Waals surface area contributed by atoms with E-state index in [1.54, 1.807) is 24.3 Å². The minimum atomic E-state index is -3.69. The van der Waals surface area contributed by atoms with Gasteiger partial charge in [-0.3, -0.25) is 0 Å². The van der Waals surface area contributed by atoms with Gasteiger partial charge in [0.2, 0.25) is 0 Å². The quantitative estimate of drug-likeness (QED) is 0.599. The first kappa shape index (κ1) is 13.8. The molecule has 0 amide bonds. The molecule has 0 bridgehead atoms. The fourth-order valence-corrected chi connectivity index (χ4v) is 4.17. The summed E-state index contributed by atoms with van der Waals surface area (Å²) in [5.74, 6) is 0. The van der Waals surface area contributed by atoms with Gasteiger partial charge in [-0.2, -0.15) is 0 Å². The van der Waals surface area contributed by atoms with E-state index in [2.05, 4.69) is 10.2 Å². The van der Waals surface area contributed by atoms with Crippen molar-refractivity contribution in [3.63, 3.8) is 0 Å². The zero-order chi connectivity index (χ0) is 14.3. The molecule has 0 aliphatic carbocycles. The summed E-state index contributed by atoms with van der Waals surface area (Å²) in [4.78, 5) is 0.199. The Bertz CT molecular complexity index is 894. The maximum absolute atomic E-state index is 12.6. The predicted octanol–water partition coefficient (Wildman–Crippen LogP) is 2.93. The van der Waals surface area contributed by atoms with E-state index < -0.39 is 10.0 Å². The molecule has 0 spiro atoms. The molecule has 0 fully saturated rings. The van der Waals surface area contributed by atoms with Crippen molar-refractivity contribution in [2.75, 3.05) is 0 Å². The predicted molar refractivity (Wildman–Crippen MR) is 84.3 cm³/mol. The van der Waals surface area contributed by atoms with Crippen LogP contribution < -0.4 is 0 Å². The molecule has 0 radical (unpaired) electrons. The number of rotatable bonds is 2. The highest BCUT2D eigenvalue weighted by Crippen LogP contribution is 2.26. The van der Waals surface area contributed by atoms with E-state index in [1.165, 1.54) is 18.3 Å². The van der Waals surface area contributed by atoms with E-state index in [1.807, 2.05) is 22.6 Å². The molecule has 102 valence electrons. The Hall–Kier alpha value is -1.19. The second-order valence-electron chi connectivity index (χ2n) is 4.00. The highest BCUT2D eigenvalue weighted by atomic mass is 127. The maximum Gasteiger partial charge on any atom is 0.269 e. The summed E-state index contributed by atoms with van der Waals surface area (Å²) in [5.41, 5.74) is 0.266. The van der Waals surface area contributed by atoms with Crippen LogP contribution in [0.15, 0.2) is 47.5 Å². The summed E-state index contributed by atoms with van der Waals surface area (Å²) in [7, 11) is -3.69. The van der Waals surface area contributed by atoms with Crippen LogP contribution in [0.3, 0.4) is 0 Å². The van der Waals surface area contributed by atoms with Crippen molar-refractivity contribution in [2.24, 2.45) is 0 Å². The van der Waals surface area contributed by atoms with Crippen molar-refractivity contribution in [1.29, 1.82) is 0 Å². The summed E-state index contributed by atoms with van der Waals surface area (Å²) in [6.45, 7) is 0. The summed E-state index contributed by atoms with van der Waals surface area (Å²) in [5, 5.41) is 8.49. The van der Waals surface area contributed by atoms with E-state index in [0.717, 1.165) is 7.54 Å². The molecule has 5 nitrogen and oxygen atoms in total. The smallest absolute Gasteiger partial charge is 0.221 e. The van der Waals surface area contributed by atoms with Crippen molar-refractivity contribution in [3.8, 4) is 0 Å². The average molecular weight is 420 g/mol. The molecule has 0 unspecified atom stereocenters. The lowest BCUT2D eigenvalue weighted by molar-refractivity contribution is 0.588. The van der Waals surface area contributed by atoms with Crippen LogP contribution in [-0.2, 0) is 10.0 Å². The number of halogens is 2. The lowest BCUT2D eigenvalue weighted by atomic mass is 10.4. The van der Waals surface area contributed by atoms with Gasteiger partial charge in [0, 0.05) is 15.2 Å². The highest BCUT2D eigenvalue weighted by Gasteiger charge is 2.21. The Morgan fingerprint density at radius 3 is 2.55 bits per heavy atom. The molecule has 2 heterocycles. The van der Waals surface area contributed by atoms with Gasteiger partial charge in [0.05, 0.1) is 4.90 Å². The molecule has 2 aromatic heterocycles. The van der Waals surface area contributed by atoms with E-state index in [0.29, 0.717) is 5.39 Å². The van der Waals surface area contributed by atoms with Crippen LogP contribution in [0.1, 0.15) is 0 Å². The van der Waals surface area contributed by atoms with Gasteiger partial charge in [0.15, 0.2) is 10.8 Å². The third kappa shape index (κ3) is 2.19. The van der Waals surface area contributed by atoms with Crippen molar-refractivity contribution in [3.05, 3.63) is 51.3 Å². The molecule has 8 heteroatoms. The first-order chi connectivity index (χ1) is 9.50. The zero-order valence-corrected chi connectivity index (χ0v) is 13.6. The Morgan fingerprint density at radius 2 is 1.85 bits per heavy atom. The van der Waals surface area contributed by atoms with Gasteiger partial charge in [-0.15, -0.1) is 10.2 Å². The molecule has 0 saturated heterocycles. The summed E-state index contributed by atoms with van der Waals surface area (Å²) >= 11 is 7.84. The minimum Gasteiger partial charge on any atom is -0.221 e. The van der Waals surface area contributed by atoms with Gasteiger partial charge in [0.1, 0.15) is 0 Å². The maximum atomic E-state index is 12.6. The number of nitrogens with zero attached hydrogens (tertiary/aromatic N) is 3. The minimum absolute atomic E-state index is 0.199. The van der Waals surface area contributed by atoms with Crippen LogP contribution in [0.25, 0.3) is 11.0 Å². The largest absolute Gasteiger partial charge is 0.269 e. The van der Waals surface area contributed by atoms with Gasteiger partial charge in [-0.05, 0) is 40.8 Å². The fourth-order valence-electron chi connectivity index (χ4n) is 1.82. The number of hydrogen-bond acceptors (Lipinski definition) is 4. The summed E-state index contributed by atoms with van der Waals surface area (Å²) < 4.78 is 27.1. The van der Waals surface area contributed by atoms with E-state index >= 15 is 0 Å². The first-order valence-corrected chi connectivity index (χ1v) is 8.40. The number of benzene rings is 1. The van der Waals surface area contributed by atoms with Crippen molar-refractivity contribution in [1.82, 2.24) is 14.2 Å². The lowest BCUT2D eigenvalue weighted by Gasteiger charge is -2.05. The third-order valence-corrected chi connectivity index (χ3v) is 5.45. The SMILES string of the molecule is O=S(=O)(c1ccccc1)n1cc(I)c2cc(Cl)nnc21. The van der Waals surface area contributed by atoms with Gasteiger partial charge in [-0.25, -0.2) is 12.4 Å². The highest BCUT2D eigenvalue weighted by molar-refractivity contribution is 14.1. The number of hydrogen-bond donors (Lipinski definition) is 0. The molecular weight excluding hydrogens is 413 g/mol.